The van der Waals surface area contributed by atoms with Crippen LogP contribution in [0.3, 0.4) is 0 Å². The second-order valence-electron chi connectivity index (χ2n) is 6.36. The fourth-order valence-electron chi connectivity index (χ4n) is 2.83. The van der Waals surface area contributed by atoms with E-state index < -0.39 is 5.97 Å². The van der Waals surface area contributed by atoms with Crippen LogP contribution in [-0.2, 0) is 17.6 Å². The number of aromatic carboxylic acids is 1. The van der Waals surface area contributed by atoms with Gasteiger partial charge in [-0.05, 0) is 55.2 Å². The molecule has 1 unspecified atom stereocenters. The molecule has 1 amide bonds. The van der Waals surface area contributed by atoms with Crippen molar-refractivity contribution in [1.29, 1.82) is 0 Å². The molecule has 2 aromatic rings. The van der Waals surface area contributed by atoms with Crippen LogP contribution < -0.4 is 14.8 Å². The predicted molar refractivity (Wildman–Crippen MR) is 103 cm³/mol. The average Bonchev–Trinajstić information content (AvgIpc) is 2.66. The highest BCUT2D eigenvalue weighted by Crippen LogP contribution is 2.27. The molecule has 1 atom stereocenters. The van der Waals surface area contributed by atoms with Gasteiger partial charge in [-0.15, -0.1) is 0 Å². The van der Waals surface area contributed by atoms with Gasteiger partial charge in [-0.1, -0.05) is 18.2 Å². The van der Waals surface area contributed by atoms with E-state index in [2.05, 4.69) is 5.32 Å². The molecule has 0 aliphatic carbocycles. The molecule has 6 heteroatoms. The quantitative estimate of drug-likeness (QED) is 0.708. The van der Waals surface area contributed by atoms with Gasteiger partial charge in [0.1, 0.15) is 0 Å². The summed E-state index contributed by atoms with van der Waals surface area (Å²) in [5.74, 6) is 0.346. The number of nitrogens with one attached hydrogen (secondary N) is 1. The maximum atomic E-state index is 12.2. The SMILES string of the molecule is COc1ccc(CC(C)NC(=O)CCc2ccc(C(=O)O)cc2)cc1OC. The van der Waals surface area contributed by atoms with Crippen LogP contribution in [0.5, 0.6) is 11.5 Å². The van der Waals surface area contributed by atoms with E-state index in [4.69, 9.17) is 14.6 Å². The standard InChI is InChI=1S/C21H25NO5/c1-14(12-16-6-10-18(26-2)19(13-16)27-3)22-20(23)11-7-15-4-8-17(9-5-15)21(24)25/h4-6,8-10,13-14H,7,11-12H2,1-3H3,(H,22,23)(H,24,25). The van der Waals surface area contributed by atoms with Crippen molar-refractivity contribution in [2.24, 2.45) is 0 Å². The van der Waals surface area contributed by atoms with Gasteiger partial charge in [-0.3, -0.25) is 4.79 Å². The molecule has 0 spiro atoms. The molecule has 0 aromatic heterocycles. The second kappa shape index (κ2) is 9.62. The number of hydrogen-bond donors (Lipinski definition) is 2. The van der Waals surface area contributed by atoms with Crippen LogP contribution >= 0.6 is 0 Å². The van der Waals surface area contributed by atoms with Gasteiger partial charge in [0.25, 0.3) is 0 Å². The van der Waals surface area contributed by atoms with Gasteiger partial charge in [-0.25, -0.2) is 4.79 Å². The van der Waals surface area contributed by atoms with Crippen LogP contribution in [-0.4, -0.2) is 37.2 Å². The topological polar surface area (TPSA) is 84.9 Å². The summed E-state index contributed by atoms with van der Waals surface area (Å²) >= 11 is 0. The molecule has 0 aliphatic rings. The number of aryl methyl sites for hydroxylation is 1. The lowest BCUT2D eigenvalue weighted by molar-refractivity contribution is -0.121. The summed E-state index contributed by atoms with van der Waals surface area (Å²) < 4.78 is 10.5. The maximum absolute atomic E-state index is 12.2. The molecule has 0 saturated heterocycles. The first-order chi connectivity index (χ1) is 12.9. The van der Waals surface area contributed by atoms with E-state index in [1.165, 1.54) is 0 Å². The number of carboxylic acids is 1. The zero-order chi connectivity index (χ0) is 19.8. The first-order valence-corrected chi connectivity index (χ1v) is 8.75. The summed E-state index contributed by atoms with van der Waals surface area (Å²) in [6.45, 7) is 1.95. The number of carboxylic acid groups (broad SMARTS) is 1. The van der Waals surface area contributed by atoms with Gasteiger partial charge >= 0.3 is 5.97 Å². The van der Waals surface area contributed by atoms with Crippen molar-refractivity contribution in [3.05, 3.63) is 59.2 Å². The zero-order valence-corrected chi connectivity index (χ0v) is 15.8. The molecule has 0 aliphatic heterocycles. The Kier molecular flexibility index (Phi) is 7.23. The molecule has 2 N–H and O–H groups in total. The lowest BCUT2D eigenvalue weighted by atomic mass is 10.0. The Hall–Kier alpha value is -3.02. The summed E-state index contributed by atoms with van der Waals surface area (Å²) in [7, 11) is 3.19. The molecule has 0 bridgehead atoms. The van der Waals surface area contributed by atoms with Crippen molar-refractivity contribution in [3.63, 3.8) is 0 Å². The summed E-state index contributed by atoms with van der Waals surface area (Å²) in [6, 6.07) is 12.3. The highest BCUT2D eigenvalue weighted by Gasteiger charge is 2.11. The van der Waals surface area contributed by atoms with Crippen molar-refractivity contribution in [2.45, 2.75) is 32.2 Å². The molecular weight excluding hydrogens is 346 g/mol. The van der Waals surface area contributed by atoms with E-state index in [0.717, 1.165) is 11.1 Å². The van der Waals surface area contributed by atoms with E-state index >= 15 is 0 Å². The van der Waals surface area contributed by atoms with Crippen LogP contribution in [0.2, 0.25) is 0 Å². The van der Waals surface area contributed by atoms with Gasteiger partial charge in [0, 0.05) is 12.5 Å². The van der Waals surface area contributed by atoms with Gasteiger partial charge < -0.3 is 19.9 Å². The Morgan fingerprint density at radius 2 is 1.63 bits per heavy atom. The molecule has 6 nitrogen and oxygen atoms in total. The van der Waals surface area contributed by atoms with E-state index in [-0.39, 0.29) is 17.5 Å². The highest BCUT2D eigenvalue weighted by molar-refractivity contribution is 5.87. The number of ether oxygens (including phenoxy) is 2. The number of carbonyl (C=O) groups excluding carboxylic acids is 1. The Morgan fingerprint density at radius 3 is 2.22 bits per heavy atom. The number of carbonyl (C=O) groups is 2. The minimum Gasteiger partial charge on any atom is -0.493 e. The number of benzene rings is 2. The summed E-state index contributed by atoms with van der Waals surface area (Å²) in [4.78, 5) is 23.0. The fraction of sp³-hybridized carbons (Fsp3) is 0.333. The molecular formula is C21H25NO5. The second-order valence-corrected chi connectivity index (χ2v) is 6.36. The van der Waals surface area contributed by atoms with Crippen LogP contribution in [0.15, 0.2) is 42.5 Å². The number of methoxy groups -OCH3 is 2. The molecule has 0 fully saturated rings. The summed E-state index contributed by atoms with van der Waals surface area (Å²) in [5, 5.41) is 11.9. The summed E-state index contributed by atoms with van der Waals surface area (Å²) in [6.07, 6.45) is 1.59. The van der Waals surface area contributed by atoms with Crippen LogP contribution in [0, 0.1) is 0 Å². The normalized spacial score (nSPS) is 11.5. The Bertz CT molecular complexity index is 786. The van der Waals surface area contributed by atoms with E-state index in [0.29, 0.717) is 30.8 Å². The Balaban J connectivity index is 1.83. The summed E-state index contributed by atoms with van der Waals surface area (Å²) in [5.41, 5.74) is 2.22. The number of amides is 1. The van der Waals surface area contributed by atoms with Crippen molar-refractivity contribution < 1.29 is 24.2 Å². The van der Waals surface area contributed by atoms with E-state index in [9.17, 15) is 9.59 Å². The molecule has 0 radical (unpaired) electrons. The van der Waals surface area contributed by atoms with Gasteiger partial charge in [-0.2, -0.15) is 0 Å². The average molecular weight is 371 g/mol. The van der Waals surface area contributed by atoms with Gasteiger partial charge in [0.2, 0.25) is 5.91 Å². The van der Waals surface area contributed by atoms with Crippen molar-refractivity contribution in [1.82, 2.24) is 5.32 Å². The molecule has 0 heterocycles. The molecule has 27 heavy (non-hydrogen) atoms. The van der Waals surface area contributed by atoms with Gasteiger partial charge in [0.05, 0.1) is 19.8 Å². The minimum atomic E-state index is -0.955. The lowest BCUT2D eigenvalue weighted by Gasteiger charge is -2.15. The Labute approximate surface area is 159 Å². The molecule has 0 saturated carbocycles. The lowest BCUT2D eigenvalue weighted by Crippen LogP contribution is -2.34. The van der Waals surface area contributed by atoms with Crippen LogP contribution in [0.4, 0.5) is 0 Å². The fourth-order valence-corrected chi connectivity index (χ4v) is 2.83. The molecule has 144 valence electrons. The van der Waals surface area contributed by atoms with Gasteiger partial charge in [0.15, 0.2) is 11.5 Å². The van der Waals surface area contributed by atoms with E-state index in [1.54, 1.807) is 38.5 Å². The van der Waals surface area contributed by atoms with E-state index in [1.807, 2.05) is 25.1 Å². The Morgan fingerprint density at radius 1 is 1.00 bits per heavy atom. The third-order valence-electron chi connectivity index (χ3n) is 4.24. The monoisotopic (exact) mass is 371 g/mol. The predicted octanol–water partition coefficient (Wildman–Crippen LogP) is 3.08. The van der Waals surface area contributed by atoms with Crippen molar-refractivity contribution in [3.8, 4) is 11.5 Å². The minimum absolute atomic E-state index is 0.0232. The first-order valence-electron chi connectivity index (χ1n) is 8.75. The highest BCUT2D eigenvalue weighted by atomic mass is 16.5. The number of hydrogen-bond acceptors (Lipinski definition) is 4. The number of rotatable bonds is 9. The smallest absolute Gasteiger partial charge is 0.335 e. The first kappa shape index (κ1) is 20.3. The molecule has 2 aromatic carbocycles. The maximum Gasteiger partial charge on any atom is 0.335 e. The third kappa shape index (κ3) is 6.02. The van der Waals surface area contributed by atoms with Crippen molar-refractivity contribution in [2.75, 3.05) is 14.2 Å². The van der Waals surface area contributed by atoms with Crippen LogP contribution in [0.25, 0.3) is 0 Å². The largest absolute Gasteiger partial charge is 0.493 e. The van der Waals surface area contributed by atoms with Crippen LogP contribution in [0.1, 0.15) is 34.8 Å². The molecule has 2 rings (SSSR count). The third-order valence-corrected chi connectivity index (χ3v) is 4.24. The van der Waals surface area contributed by atoms with Crippen molar-refractivity contribution >= 4 is 11.9 Å². The zero-order valence-electron chi connectivity index (χ0n) is 15.8.